The molecular weight excluding hydrogens is 214 g/mol. The van der Waals surface area contributed by atoms with Gasteiger partial charge in [0.1, 0.15) is 0 Å². The predicted octanol–water partition coefficient (Wildman–Crippen LogP) is 1.86. The first-order chi connectivity index (χ1) is 8.08. The van der Waals surface area contributed by atoms with Crippen molar-refractivity contribution in [1.29, 1.82) is 0 Å². The normalized spacial score (nSPS) is 21.4. The minimum atomic E-state index is -0.00771. The second-order valence-corrected chi connectivity index (χ2v) is 5.30. The van der Waals surface area contributed by atoms with Gasteiger partial charge in [-0.05, 0) is 30.0 Å². The summed E-state index contributed by atoms with van der Waals surface area (Å²) >= 11 is 0. The molecule has 2 aromatic rings. The van der Waals surface area contributed by atoms with E-state index in [1.165, 1.54) is 0 Å². The van der Waals surface area contributed by atoms with E-state index in [-0.39, 0.29) is 11.3 Å². The van der Waals surface area contributed by atoms with E-state index >= 15 is 0 Å². The lowest BCUT2D eigenvalue weighted by atomic mass is 10.1. The Morgan fingerprint density at radius 1 is 1.53 bits per heavy atom. The highest BCUT2D eigenvalue weighted by atomic mass is 16.1. The molecule has 0 bridgehead atoms. The van der Waals surface area contributed by atoms with Gasteiger partial charge in [-0.2, -0.15) is 5.10 Å². The van der Waals surface area contributed by atoms with E-state index in [4.69, 9.17) is 0 Å². The topological polar surface area (TPSA) is 46.4 Å². The van der Waals surface area contributed by atoms with Crippen LogP contribution in [0.3, 0.4) is 0 Å². The molecule has 1 N–H and O–H groups in total. The largest absolute Gasteiger partial charge is 0.349 e. The van der Waals surface area contributed by atoms with Crippen molar-refractivity contribution in [2.24, 2.45) is 5.41 Å². The van der Waals surface area contributed by atoms with Gasteiger partial charge in [0.25, 0.3) is 5.91 Å². The van der Waals surface area contributed by atoms with E-state index in [1.807, 2.05) is 24.4 Å². The fourth-order valence-electron chi connectivity index (χ4n) is 2.09. The molecule has 1 aliphatic rings. The Morgan fingerprint density at radius 2 is 2.29 bits per heavy atom. The molecule has 1 fully saturated rings. The number of nitrogens with zero attached hydrogens (tertiary/aromatic N) is 2. The van der Waals surface area contributed by atoms with Crippen LogP contribution in [0.2, 0.25) is 0 Å². The van der Waals surface area contributed by atoms with Crippen LogP contribution in [0.15, 0.2) is 30.6 Å². The third kappa shape index (κ3) is 1.69. The van der Waals surface area contributed by atoms with Crippen LogP contribution in [-0.2, 0) is 0 Å². The molecule has 0 unspecified atom stereocenters. The molecule has 0 saturated heterocycles. The summed E-state index contributed by atoms with van der Waals surface area (Å²) in [6.45, 7) is 4.33. The van der Waals surface area contributed by atoms with Gasteiger partial charge < -0.3 is 5.32 Å². The zero-order valence-electron chi connectivity index (χ0n) is 9.97. The number of aromatic nitrogens is 2. The molecule has 3 rings (SSSR count). The smallest absolute Gasteiger partial charge is 0.253 e. The number of rotatable bonds is 2. The van der Waals surface area contributed by atoms with Crippen molar-refractivity contribution >= 4 is 11.4 Å². The van der Waals surface area contributed by atoms with E-state index in [1.54, 1.807) is 10.7 Å². The van der Waals surface area contributed by atoms with Gasteiger partial charge in [0.05, 0.1) is 17.3 Å². The Morgan fingerprint density at radius 3 is 3.00 bits per heavy atom. The van der Waals surface area contributed by atoms with Gasteiger partial charge in [-0.25, -0.2) is 4.52 Å². The summed E-state index contributed by atoms with van der Waals surface area (Å²) < 4.78 is 1.72. The molecule has 1 saturated carbocycles. The van der Waals surface area contributed by atoms with Crippen molar-refractivity contribution in [3.8, 4) is 0 Å². The number of fused-ring (bicyclic) bond motifs is 1. The SMILES string of the molecule is CC1(C)C[C@@H]1NC(=O)c1cccn2nccc12. The number of carbonyl (C=O) groups is 1. The lowest BCUT2D eigenvalue weighted by Gasteiger charge is -2.07. The van der Waals surface area contributed by atoms with Crippen LogP contribution in [0, 0.1) is 5.41 Å². The third-order valence-electron chi connectivity index (χ3n) is 3.50. The number of nitrogens with one attached hydrogen (secondary N) is 1. The van der Waals surface area contributed by atoms with Crippen molar-refractivity contribution in [3.05, 3.63) is 36.2 Å². The Balaban J connectivity index is 1.88. The molecule has 1 atom stereocenters. The summed E-state index contributed by atoms with van der Waals surface area (Å²) in [5.41, 5.74) is 1.79. The quantitative estimate of drug-likeness (QED) is 0.854. The maximum atomic E-state index is 12.1. The fraction of sp³-hybridized carbons (Fsp3) is 0.385. The van der Waals surface area contributed by atoms with E-state index < -0.39 is 0 Å². The molecule has 4 nitrogen and oxygen atoms in total. The first kappa shape index (κ1) is 10.3. The van der Waals surface area contributed by atoms with Crippen molar-refractivity contribution in [3.63, 3.8) is 0 Å². The van der Waals surface area contributed by atoms with Crippen LogP contribution in [0.1, 0.15) is 30.6 Å². The van der Waals surface area contributed by atoms with E-state index in [2.05, 4.69) is 24.3 Å². The van der Waals surface area contributed by atoms with Crippen molar-refractivity contribution in [2.75, 3.05) is 0 Å². The van der Waals surface area contributed by atoms with Gasteiger partial charge in [0.2, 0.25) is 0 Å². The third-order valence-corrected chi connectivity index (χ3v) is 3.50. The molecular formula is C13H15N3O. The van der Waals surface area contributed by atoms with Crippen molar-refractivity contribution < 1.29 is 4.79 Å². The van der Waals surface area contributed by atoms with Crippen LogP contribution in [-0.4, -0.2) is 21.6 Å². The summed E-state index contributed by atoms with van der Waals surface area (Å²) in [6, 6.07) is 5.83. The van der Waals surface area contributed by atoms with E-state index in [0.717, 1.165) is 11.9 Å². The molecule has 0 aliphatic heterocycles. The highest BCUT2D eigenvalue weighted by Crippen LogP contribution is 2.44. The summed E-state index contributed by atoms with van der Waals surface area (Å²) in [5, 5.41) is 7.18. The number of amides is 1. The highest BCUT2D eigenvalue weighted by Gasteiger charge is 2.46. The minimum absolute atomic E-state index is 0.00771. The van der Waals surface area contributed by atoms with Gasteiger partial charge in [0, 0.05) is 12.2 Å². The van der Waals surface area contributed by atoms with Crippen molar-refractivity contribution in [2.45, 2.75) is 26.3 Å². The minimum Gasteiger partial charge on any atom is -0.349 e. The van der Waals surface area contributed by atoms with E-state index in [0.29, 0.717) is 11.6 Å². The number of pyridine rings is 1. The Bertz CT molecular complexity index is 585. The average molecular weight is 229 g/mol. The maximum Gasteiger partial charge on any atom is 0.253 e. The predicted molar refractivity (Wildman–Crippen MR) is 64.8 cm³/mol. The molecule has 88 valence electrons. The first-order valence-electron chi connectivity index (χ1n) is 5.81. The Kier molecular flexibility index (Phi) is 2.02. The lowest BCUT2D eigenvalue weighted by Crippen LogP contribution is -2.28. The number of hydrogen-bond acceptors (Lipinski definition) is 2. The van der Waals surface area contributed by atoms with Crippen LogP contribution in [0.5, 0.6) is 0 Å². The summed E-state index contributed by atoms with van der Waals surface area (Å²) in [5.74, 6) is -0.00771. The van der Waals surface area contributed by atoms with Crippen LogP contribution >= 0.6 is 0 Å². The molecule has 4 heteroatoms. The maximum absolute atomic E-state index is 12.1. The molecule has 1 amide bonds. The molecule has 1 aliphatic carbocycles. The van der Waals surface area contributed by atoms with Gasteiger partial charge in [-0.1, -0.05) is 13.8 Å². The molecule has 2 aromatic heterocycles. The molecule has 0 aromatic carbocycles. The Hall–Kier alpha value is -1.84. The second-order valence-electron chi connectivity index (χ2n) is 5.30. The molecule has 0 radical (unpaired) electrons. The summed E-state index contributed by atoms with van der Waals surface area (Å²) in [7, 11) is 0. The average Bonchev–Trinajstić information content (AvgIpc) is 2.73. The highest BCUT2D eigenvalue weighted by molar-refractivity contribution is 6.01. The molecule has 0 spiro atoms. The molecule has 17 heavy (non-hydrogen) atoms. The van der Waals surface area contributed by atoms with Gasteiger partial charge in [-0.3, -0.25) is 4.79 Å². The summed E-state index contributed by atoms with van der Waals surface area (Å²) in [4.78, 5) is 12.1. The number of hydrogen-bond donors (Lipinski definition) is 1. The van der Waals surface area contributed by atoms with Crippen molar-refractivity contribution in [1.82, 2.24) is 14.9 Å². The van der Waals surface area contributed by atoms with Crippen LogP contribution in [0.25, 0.3) is 5.52 Å². The zero-order valence-corrected chi connectivity index (χ0v) is 9.97. The monoisotopic (exact) mass is 229 g/mol. The lowest BCUT2D eigenvalue weighted by molar-refractivity contribution is 0.0947. The first-order valence-corrected chi connectivity index (χ1v) is 5.81. The van der Waals surface area contributed by atoms with Crippen LogP contribution in [0.4, 0.5) is 0 Å². The fourth-order valence-corrected chi connectivity index (χ4v) is 2.09. The standard InChI is InChI=1S/C13H15N3O/c1-13(2)8-11(13)15-12(17)9-4-3-7-16-10(9)5-6-14-16/h3-7,11H,8H2,1-2H3,(H,15,17)/t11-/m0/s1. The van der Waals surface area contributed by atoms with Crippen LogP contribution < -0.4 is 5.32 Å². The van der Waals surface area contributed by atoms with Gasteiger partial charge >= 0.3 is 0 Å². The zero-order chi connectivity index (χ0) is 12.0. The molecule has 2 heterocycles. The number of carbonyl (C=O) groups excluding carboxylic acids is 1. The Labute approximate surface area is 99.6 Å². The second kappa shape index (κ2) is 3.32. The summed E-state index contributed by atoms with van der Waals surface area (Å²) in [6.07, 6.45) is 4.60. The van der Waals surface area contributed by atoms with Gasteiger partial charge in [-0.15, -0.1) is 0 Å². The van der Waals surface area contributed by atoms with Gasteiger partial charge in [0.15, 0.2) is 0 Å². The van der Waals surface area contributed by atoms with E-state index in [9.17, 15) is 4.79 Å².